The van der Waals surface area contributed by atoms with Crippen molar-refractivity contribution in [3.8, 4) is 0 Å². The highest BCUT2D eigenvalue weighted by molar-refractivity contribution is 7.17. The van der Waals surface area contributed by atoms with E-state index in [-0.39, 0.29) is 5.91 Å². The van der Waals surface area contributed by atoms with E-state index in [1.807, 2.05) is 18.2 Å². The van der Waals surface area contributed by atoms with Gasteiger partial charge in [0.25, 0.3) is 5.91 Å². The van der Waals surface area contributed by atoms with Gasteiger partial charge in [-0.15, -0.1) is 11.3 Å². The summed E-state index contributed by atoms with van der Waals surface area (Å²) < 4.78 is 8.77. The molecule has 3 heterocycles. The maximum atomic E-state index is 12.7. The molecule has 23 heavy (non-hydrogen) atoms. The van der Waals surface area contributed by atoms with Crippen LogP contribution in [0.3, 0.4) is 0 Å². The highest BCUT2D eigenvalue weighted by atomic mass is 32.1. The molecule has 0 saturated heterocycles. The van der Waals surface area contributed by atoms with Crippen LogP contribution in [-0.4, -0.2) is 17.0 Å². The summed E-state index contributed by atoms with van der Waals surface area (Å²) in [5.74, 6) is 0.921. The third kappa shape index (κ3) is 2.81. The second-order valence-electron chi connectivity index (χ2n) is 6.09. The van der Waals surface area contributed by atoms with Crippen LogP contribution in [0.25, 0.3) is 10.2 Å². The minimum Gasteiger partial charge on any atom is -0.469 e. The molecule has 3 aromatic heterocycles. The summed E-state index contributed by atoms with van der Waals surface area (Å²) in [6.45, 7) is 0.593. The average Bonchev–Trinajstić information content (AvgIpc) is 3.30. The van der Waals surface area contributed by atoms with Crippen LogP contribution in [0.5, 0.6) is 0 Å². The molecule has 0 unspecified atom stereocenters. The smallest absolute Gasteiger partial charge is 0.267 e. The predicted octanol–water partition coefficient (Wildman–Crippen LogP) is 4.38. The average molecular weight is 328 g/mol. The van der Waals surface area contributed by atoms with Crippen molar-refractivity contribution >= 4 is 27.5 Å². The molecule has 1 N–H and O–H groups in total. The summed E-state index contributed by atoms with van der Waals surface area (Å²) in [4.78, 5) is 12.7. The molecule has 3 aromatic rings. The van der Waals surface area contributed by atoms with Gasteiger partial charge in [-0.1, -0.05) is 12.8 Å². The van der Waals surface area contributed by atoms with Gasteiger partial charge >= 0.3 is 0 Å². The molecular formula is C18H20N2O2S. The normalized spacial score (nSPS) is 15.5. The first kappa shape index (κ1) is 14.6. The Hall–Kier alpha value is -2.01. The minimum absolute atomic E-state index is 0.0202. The number of hydrogen-bond donors (Lipinski definition) is 1. The molecule has 1 fully saturated rings. The van der Waals surface area contributed by atoms with E-state index < -0.39 is 0 Å². The van der Waals surface area contributed by atoms with Gasteiger partial charge in [0, 0.05) is 19.0 Å². The van der Waals surface area contributed by atoms with E-state index in [2.05, 4.69) is 21.3 Å². The molecule has 0 spiro atoms. The Labute approximate surface area is 139 Å². The van der Waals surface area contributed by atoms with Crippen LogP contribution in [0.4, 0.5) is 0 Å². The molecule has 1 aliphatic rings. The third-order valence-electron chi connectivity index (χ3n) is 4.62. The lowest BCUT2D eigenvalue weighted by Gasteiger charge is -2.17. The second kappa shape index (κ2) is 6.24. The fourth-order valence-electron chi connectivity index (χ4n) is 3.52. The number of amides is 1. The van der Waals surface area contributed by atoms with Gasteiger partial charge in [0.2, 0.25) is 0 Å². The van der Waals surface area contributed by atoms with Crippen molar-refractivity contribution in [2.24, 2.45) is 0 Å². The predicted molar refractivity (Wildman–Crippen MR) is 92.1 cm³/mol. The molecule has 1 amide bonds. The van der Waals surface area contributed by atoms with Crippen LogP contribution in [0, 0.1) is 0 Å². The first-order chi connectivity index (χ1) is 11.3. The summed E-state index contributed by atoms with van der Waals surface area (Å²) in [5.41, 5.74) is 2.01. The number of aromatic nitrogens is 1. The lowest BCUT2D eigenvalue weighted by atomic mass is 10.2. The number of nitrogens with zero attached hydrogens (tertiary/aromatic N) is 1. The molecule has 120 valence electrons. The lowest BCUT2D eigenvalue weighted by Crippen LogP contribution is -2.28. The van der Waals surface area contributed by atoms with Crippen LogP contribution in [0.15, 0.2) is 40.3 Å². The summed E-state index contributed by atoms with van der Waals surface area (Å²) in [7, 11) is 0. The van der Waals surface area contributed by atoms with Crippen molar-refractivity contribution in [1.82, 2.24) is 9.88 Å². The fraction of sp³-hybridized carbons (Fsp3) is 0.389. The van der Waals surface area contributed by atoms with E-state index in [9.17, 15) is 4.79 Å². The van der Waals surface area contributed by atoms with E-state index in [1.54, 1.807) is 17.6 Å². The summed E-state index contributed by atoms with van der Waals surface area (Å²) in [6.07, 6.45) is 7.24. The summed E-state index contributed by atoms with van der Waals surface area (Å²) >= 11 is 1.70. The largest absolute Gasteiger partial charge is 0.469 e. The number of nitrogens with one attached hydrogen (secondary N) is 1. The number of fused-ring (bicyclic) bond motifs is 1. The molecule has 1 aliphatic carbocycles. The summed E-state index contributed by atoms with van der Waals surface area (Å²) in [5, 5.41) is 5.14. The van der Waals surface area contributed by atoms with Crippen LogP contribution in [-0.2, 0) is 6.42 Å². The van der Waals surface area contributed by atoms with Gasteiger partial charge in [-0.25, -0.2) is 0 Å². The number of carbonyl (C=O) groups is 1. The minimum atomic E-state index is 0.0202. The standard InChI is InChI=1S/C18H20N2O2S/c21-18(19-9-7-14-6-3-10-22-14)16-12-17-15(8-11-23-17)20(16)13-4-1-2-5-13/h3,6,8,10-13H,1-2,4-5,7,9H2,(H,19,21). The van der Waals surface area contributed by atoms with Gasteiger partial charge < -0.3 is 14.3 Å². The highest BCUT2D eigenvalue weighted by Crippen LogP contribution is 2.36. The Balaban J connectivity index is 1.53. The highest BCUT2D eigenvalue weighted by Gasteiger charge is 2.24. The van der Waals surface area contributed by atoms with Crippen LogP contribution in [0.1, 0.15) is 48.0 Å². The third-order valence-corrected chi connectivity index (χ3v) is 5.47. The lowest BCUT2D eigenvalue weighted by molar-refractivity contribution is 0.0943. The van der Waals surface area contributed by atoms with Crippen LogP contribution in [0.2, 0.25) is 0 Å². The Kier molecular flexibility index (Phi) is 3.95. The quantitative estimate of drug-likeness (QED) is 0.755. The zero-order valence-corrected chi connectivity index (χ0v) is 13.8. The molecule has 0 bridgehead atoms. The van der Waals surface area contributed by atoms with E-state index in [1.165, 1.54) is 35.9 Å². The first-order valence-electron chi connectivity index (χ1n) is 8.22. The first-order valence-corrected chi connectivity index (χ1v) is 9.10. The Bertz CT molecular complexity index is 794. The monoisotopic (exact) mass is 328 g/mol. The maximum absolute atomic E-state index is 12.7. The topological polar surface area (TPSA) is 47.2 Å². The molecule has 0 aromatic carbocycles. The Morgan fingerprint density at radius 1 is 1.35 bits per heavy atom. The molecule has 0 radical (unpaired) electrons. The van der Waals surface area contributed by atoms with Gasteiger partial charge in [-0.05, 0) is 42.5 Å². The van der Waals surface area contributed by atoms with Crippen molar-refractivity contribution in [2.45, 2.75) is 38.1 Å². The number of furan rings is 1. The van der Waals surface area contributed by atoms with Crippen LogP contribution >= 0.6 is 11.3 Å². The molecule has 1 saturated carbocycles. The molecule has 0 aliphatic heterocycles. The van der Waals surface area contributed by atoms with Crippen molar-refractivity contribution in [1.29, 1.82) is 0 Å². The Morgan fingerprint density at radius 3 is 3.00 bits per heavy atom. The molecule has 4 nitrogen and oxygen atoms in total. The second-order valence-corrected chi connectivity index (χ2v) is 7.04. The van der Waals surface area contributed by atoms with Crippen molar-refractivity contribution < 1.29 is 9.21 Å². The van der Waals surface area contributed by atoms with E-state index in [0.717, 1.165) is 17.9 Å². The zero-order chi connectivity index (χ0) is 15.6. The fourth-order valence-corrected chi connectivity index (χ4v) is 4.33. The molecule has 0 atom stereocenters. The van der Waals surface area contributed by atoms with E-state index >= 15 is 0 Å². The van der Waals surface area contributed by atoms with Gasteiger partial charge in [-0.2, -0.15) is 0 Å². The van der Waals surface area contributed by atoms with E-state index in [0.29, 0.717) is 12.6 Å². The SMILES string of the molecule is O=C(NCCc1ccco1)c1cc2sccc2n1C1CCCC1. The molecular weight excluding hydrogens is 308 g/mol. The van der Waals surface area contributed by atoms with Crippen molar-refractivity contribution in [2.75, 3.05) is 6.54 Å². The van der Waals surface area contributed by atoms with Gasteiger partial charge in [0.1, 0.15) is 11.5 Å². The number of carbonyl (C=O) groups excluding carboxylic acids is 1. The van der Waals surface area contributed by atoms with Crippen molar-refractivity contribution in [3.63, 3.8) is 0 Å². The number of thiophene rings is 1. The van der Waals surface area contributed by atoms with Gasteiger partial charge in [-0.3, -0.25) is 4.79 Å². The molecule has 4 rings (SSSR count). The van der Waals surface area contributed by atoms with Gasteiger partial charge in [0.05, 0.1) is 16.5 Å². The van der Waals surface area contributed by atoms with E-state index in [4.69, 9.17) is 4.42 Å². The summed E-state index contributed by atoms with van der Waals surface area (Å²) in [6, 6.07) is 8.45. The zero-order valence-electron chi connectivity index (χ0n) is 13.0. The number of hydrogen-bond acceptors (Lipinski definition) is 3. The molecule has 5 heteroatoms. The number of rotatable bonds is 5. The van der Waals surface area contributed by atoms with Crippen molar-refractivity contribution in [3.05, 3.63) is 47.4 Å². The van der Waals surface area contributed by atoms with Gasteiger partial charge in [0.15, 0.2) is 0 Å². The maximum Gasteiger partial charge on any atom is 0.267 e. The van der Waals surface area contributed by atoms with Crippen LogP contribution < -0.4 is 5.32 Å². The Morgan fingerprint density at radius 2 is 2.22 bits per heavy atom.